The van der Waals surface area contributed by atoms with E-state index in [0.29, 0.717) is 6.61 Å². The number of phenols is 1. The number of benzene rings is 2. The maximum absolute atomic E-state index is 9.25. The highest BCUT2D eigenvalue weighted by molar-refractivity contribution is 9.10. The van der Waals surface area contributed by atoms with Gasteiger partial charge in [0, 0.05) is 6.54 Å². The Bertz CT molecular complexity index is 570. The van der Waals surface area contributed by atoms with Gasteiger partial charge in [0.1, 0.15) is 18.1 Å². The fraction of sp³-hybridized carbons (Fsp3) is 0.294. The zero-order chi connectivity index (χ0) is 15.1. The third-order valence-corrected chi connectivity index (χ3v) is 3.70. The number of hydrogen-bond donors (Lipinski definition) is 2. The van der Waals surface area contributed by atoms with E-state index < -0.39 is 0 Å². The quantitative estimate of drug-likeness (QED) is 0.734. The predicted molar refractivity (Wildman–Crippen MR) is 88.6 cm³/mol. The molecule has 112 valence electrons. The van der Waals surface area contributed by atoms with Crippen molar-refractivity contribution in [2.75, 3.05) is 6.54 Å². The number of aromatic hydroxyl groups is 1. The fourth-order valence-electron chi connectivity index (χ4n) is 1.93. The van der Waals surface area contributed by atoms with Gasteiger partial charge in [0.05, 0.1) is 4.47 Å². The molecule has 2 aromatic carbocycles. The van der Waals surface area contributed by atoms with Gasteiger partial charge in [0.2, 0.25) is 0 Å². The monoisotopic (exact) mass is 349 g/mol. The van der Waals surface area contributed by atoms with Gasteiger partial charge < -0.3 is 15.2 Å². The van der Waals surface area contributed by atoms with Crippen molar-refractivity contribution >= 4 is 15.9 Å². The molecule has 0 radical (unpaired) electrons. The van der Waals surface area contributed by atoms with E-state index in [1.807, 2.05) is 18.2 Å². The molecule has 0 aromatic heterocycles. The zero-order valence-corrected chi connectivity index (χ0v) is 13.7. The highest BCUT2D eigenvalue weighted by Gasteiger charge is 2.03. The van der Waals surface area contributed by atoms with Crippen LogP contribution in [0.5, 0.6) is 11.5 Å². The molecule has 0 aliphatic carbocycles. The second kappa shape index (κ2) is 8.05. The molecule has 0 spiro atoms. The molecule has 0 bridgehead atoms. The van der Waals surface area contributed by atoms with Crippen molar-refractivity contribution in [3.8, 4) is 11.5 Å². The lowest BCUT2D eigenvalue weighted by Crippen LogP contribution is -2.13. The Morgan fingerprint density at radius 1 is 1.10 bits per heavy atom. The maximum atomic E-state index is 9.25. The number of nitrogens with one attached hydrogen (secondary N) is 1. The van der Waals surface area contributed by atoms with Gasteiger partial charge in [0.15, 0.2) is 0 Å². The lowest BCUT2D eigenvalue weighted by atomic mass is 10.2. The lowest BCUT2D eigenvalue weighted by molar-refractivity contribution is 0.304. The zero-order valence-electron chi connectivity index (χ0n) is 12.1. The number of hydrogen-bond acceptors (Lipinski definition) is 3. The minimum Gasteiger partial charge on any atom is -0.508 e. The second-order valence-electron chi connectivity index (χ2n) is 4.90. The molecule has 0 unspecified atom stereocenters. The molecular weight excluding hydrogens is 330 g/mol. The lowest BCUT2D eigenvalue weighted by Gasteiger charge is -2.10. The van der Waals surface area contributed by atoms with Gasteiger partial charge in [-0.05, 0) is 64.3 Å². The normalized spacial score (nSPS) is 10.6. The van der Waals surface area contributed by atoms with E-state index >= 15 is 0 Å². The smallest absolute Gasteiger partial charge is 0.134 e. The van der Waals surface area contributed by atoms with E-state index in [1.165, 1.54) is 5.56 Å². The molecule has 2 rings (SSSR count). The molecule has 0 fully saturated rings. The van der Waals surface area contributed by atoms with Crippen molar-refractivity contribution in [1.82, 2.24) is 5.32 Å². The Kier molecular flexibility index (Phi) is 6.08. The second-order valence-corrected chi connectivity index (χ2v) is 5.75. The molecule has 2 aromatic rings. The van der Waals surface area contributed by atoms with E-state index in [2.05, 4.69) is 40.3 Å². The summed E-state index contributed by atoms with van der Waals surface area (Å²) in [5, 5.41) is 12.6. The third kappa shape index (κ3) is 5.06. The average Bonchev–Trinajstić information content (AvgIpc) is 2.48. The summed E-state index contributed by atoms with van der Waals surface area (Å²) >= 11 is 3.55. The number of phenolic OH excluding ortho intramolecular Hbond substituents is 1. The van der Waals surface area contributed by atoms with Crippen LogP contribution in [0.1, 0.15) is 24.5 Å². The summed E-state index contributed by atoms with van der Waals surface area (Å²) in [5.74, 6) is 1.09. The van der Waals surface area contributed by atoms with Crippen LogP contribution in [0.2, 0.25) is 0 Å². The SMILES string of the molecule is CCCNCc1ccc(OCc2ccc(O)cc2)c(Br)c1. The first-order chi connectivity index (χ1) is 10.2. The van der Waals surface area contributed by atoms with Crippen LogP contribution >= 0.6 is 15.9 Å². The first-order valence-corrected chi connectivity index (χ1v) is 7.88. The summed E-state index contributed by atoms with van der Waals surface area (Å²) in [5.41, 5.74) is 2.25. The van der Waals surface area contributed by atoms with Crippen LogP contribution in [0, 0.1) is 0 Å². The molecular formula is C17H20BrNO2. The molecule has 4 heteroatoms. The number of ether oxygens (including phenoxy) is 1. The number of rotatable bonds is 7. The summed E-state index contributed by atoms with van der Waals surface area (Å²) < 4.78 is 6.75. The summed E-state index contributed by atoms with van der Waals surface area (Å²) in [4.78, 5) is 0. The number of halogens is 1. The molecule has 0 saturated heterocycles. The van der Waals surface area contributed by atoms with Crippen LogP contribution in [0.3, 0.4) is 0 Å². The van der Waals surface area contributed by atoms with Crippen LogP contribution in [-0.2, 0) is 13.2 Å². The fourth-order valence-corrected chi connectivity index (χ4v) is 2.47. The first kappa shape index (κ1) is 15.9. The standard InChI is InChI=1S/C17H20BrNO2/c1-2-9-19-11-14-5-8-17(16(18)10-14)21-12-13-3-6-15(20)7-4-13/h3-8,10,19-20H,2,9,11-12H2,1H3. The largest absolute Gasteiger partial charge is 0.508 e. The first-order valence-electron chi connectivity index (χ1n) is 7.09. The molecule has 0 aliphatic rings. The Balaban J connectivity index is 1.92. The van der Waals surface area contributed by atoms with E-state index in [9.17, 15) is 5.11 Å². The molecule has 0 heterocycles. The van der Waals surface area contributed by atoms with Gasteiger partial charge in [0.25, 0.3) is 0 Å². The Morgan fingerprint density at radius 3 is 2.48 bits per heavy atom. The highest BCUT2D eigenvalue weighted by Crippen LogP contribution is 2.27. The van der Waals surface area contributed by atoms with E-state index in [-0.39, 0.29) is 5.75 Å². The summed E-state index contributed by atoms with van der Waals surface area (Å²) in [7, 11) is 0. The van der Waals surface area contributed by atoms with E-state index in [4.69, 9.17) is 4.74 Å². The molecule has 21 heavy (non-hydrogen) atoms. The van der Waals surface area contributed by atoms with Crippen LogP contribution < -0.4 is 10.1 Å². The van der Waals surface area contributed by atoms with Crippen LogP contribution in [0.15, 0.2) is 46.9 Å². The molecule has 2 N–H and O–H groups in total. The van der Waals surface area contributed by atoms with Crippen LogP contribution in [0.25, 0.3) is 0 Å². The molecule has 0 saturated carbocycles. The van der Waals surface area contributed by atoms with Gasteiger partial charge in [-0.1, -0.05) is 25.1 Å². The summed E-state index contributed by atoms with van der Waals surface area (Å²) in [6.45, 7) is 4.52. The van der Waals surface area contributed by atoms with Gasteiger partial charge in [-0.2, -0.15) is 0 Å². The van der Waals surface area contributed by atoms with Crippen molar-refractivity contribution in [2.24, 2.45) is 0 Å². The van der Waals surface area contributed by atoms with E-state index in [0.717, 1.165) is 35.3 Å². The van der Waals surface area contributed by atoms with Gasteiger partial charge >= 0.3 is 0 Å². The van der Waals surface area contributed by atoms with Crippen molar-refractivity contribution in [3.63, 3.8) is 0 Å². The van der Waals surface area contributed by atoms with E-state index in [1.54, 1.807) is 12.1 Å². The minimum absolute atomic E-state index is 0.267. The Morgan fingerprint density at radius 2 is 1.81 bits per heavy atom. The van der Waals surface area contributed by atoms with Gasteiger partial charge in [-0.25, -0.2) is 0 Å². The molecule has 0 aliphatic heterocycles. The van der Waals surface area contributed by atoms with Crippen molar-refractivity contribution in [3.05, 3.63) is 58.1 Å². The van der Waals surface area contributed by atoms with Crippen molar-refractivity contribution < 1.29 is 9.84 Å². The highest BCUT2D eigenvalue weighted by atomic mass is 79.9. The Labute approximate surface area is 134 Å². The predicted octanol–water partition coefficient (Wildman–Crippen LogP) is 4.23. The summed E-state index contributed by atoms with van der Waals surface area (Å²) in [6, 6.07) is 13.2. The van der Waals surface area contributed by atoms with Gasteiger partial charge in [-0.3, -0.25) is 0 Å². The summed E-state index contributed by atoms with van der Waals surface area (Å²) in [6.07, 6.45) is 1.13. The van der Waals surface area contributed by atoms with Gasteiger partial charge in [-0.15, -0.1) is 0 Å². The van der Waals surface area contributed by atoms with Crippen molar-refractivity contribution in [1.29, 1.82) is 0 Å². The van der Waals surface area contributed by atoms with Crippen LogP contribution in [0.4, 0.5) is 0 Å². The van der Waals surface area contributed by atoms with Crippen LogP contribution in [-0.4, -0.2) is 11.7 Å². The molecule has 0 atom stereocenters. The maximum Gasteiger partial charge on any atom is 0.134 e. The van der Waals surface area contributed by atoms with Crippen molar-refractivity contribution in [2.45, 2.75) is 26.5 Å². The average molecular weight is 350 g/mol. The topological polar surface area (TPSA) is 41.5 Å². The third-order valence-electron chi connectivity index (χ3n) is 3.08. The minimum atomic E-state index is 0.267. The molecule has 0 amide bonds. The Hall–Kier alpha value is -1.52. The molecule has 3 nitrogen and oxygen atoms in total.